The van der Waals surface area contributed by atoms with E-state index in [2.05, 4.69) is 0 Å². The number of sulfone groups is 1. The Balaban J connectivity index is 1.58. The van der Waals surface area contributed by atoms with Crippen molar-refractivity contribution in [1.29, 1.82) is 0 Å². The monoisotopic (exact) mass is 418 g/mol. The zero-order valence-electron chi connectivity index (χ0n) is 15.4. The van der Waals surface area contributed by atoms with Crippen LogP contribution in [0.2, 0.25) is 0 Å². The number of hydrogen-bond donors (Lipinski definition) is 0. The Labute approximate surface area is 173 Å². The van der Waals surface area contributed by atoms with Gasteiger partial charge in [0.15, 0.2) is 0 Å². The zero-order chi connectivity index (χ0) is 20.3. The molecule has 4 rings (SSSR count). The summed E-state index contributed by atoms with van der Waals surface area (Å²) < 4.78 is 38.0. The molecule has 0 aromatic heterocycles. The maximum absolute atomic E-state index is 12.7. The Kier molecular flexibility index (Phi) is 5.43. The summed E-state index contributed by atoms with van der Waals surface area (Å²) in [5, 5.41) is 0. The Morgan fingerprint density at radius 2 is 0.897 bits per heavy atom. The van der Waals surface area contributed by atoms with Gasteiger partial charge in [-0.15, -0.1) is 0 Å². The normalized spacial score (nSPS) is 12.4. The van der Waals surface area contributed by atoms with Crippen LogP contribution in [-0.4, -0.2) is 12.6 Å². The SMILES string of the molecule is O=S(c1ccccc1)c1ccc(-c2ccc(S(=O)(=O)c3ccccc3)cc2)cc1. The van der Waals surface area contributed by atoms with E-state index in [0.717, 1.165) is 20.9 Å². The average Bonchev–Trinajstić information content (AvgIpc) is 2.80. The maximum Gasteiger partial charge on any atom is 0.206 e. The van der Waals surface area contributed by atoms with E-state index in [1.807, 2.05) is 54.6 Å². The summed E-state index contributed by atoms with van der Waals surface area (Å²) in [5.74, 6) is 0. The van der Waals surface area contributed by atoms with Crippen LogP contribution >= 0.6 is 0 Å². The van der Waals surface area contributed by atoms with Crippen molar-refractivity contribution in [1.82, 2.24) is 0 Å². The first-order valence-electron chi connectivity index (χ1n) is 9.03. The largest absolute Gasteiger partial charge is 0.249 e. The summed E-state index contributed by atoms with van der Waals surface area (Å²) >= 11 is 0. The molecule has 1 unspecified atom stereocenters. The third-order valence-corrected chi connectivity index (χ3v) is 7.76. The lowest BCUT2D eigenvalue weighted by Gasteiger charge is -2.07. The van der Waals surface area contributed by atoms with Gasteiger partial charge in [-0.2, -0.15) is 0 Å². The lowest BCUT2D eigenvalue weighted by molar-refractivity contribution is 0.596. The van der Waals surface area contributed by atoms with E-state index < -0.39 is 20.6 Å². The third-order valence-electron chi connectivity index (χ3n) is 4.58. The fourth-order valence-corrected chi connectivity index (χ4v) is 5.36. The van der Waals surface area contributed by atoms with Gasteiger partial charge in [0.2, 0.25) is 9.84 Å². The number of hydrogen-bond acceptors (Lipinski definition) is 3. The van der Waals surface area contributed by atoms with Crippen molar-refractivity contribution in [2.45, 2.75) is 19.6 Å². The van der Waals surface area contributed by atoms with Gasteiger partial charge in [-0.1, -0.05) is 60.7 Å². The molecule has 0 radical (unpaired) electrons. The summed E-state index contributed by atoms with van der Waals surface area (Å²) in [6.07, 6.45) is 0. The second-order valence-electron chi connectivity index (χ2n) is 6.45. The molecule has 0 aliphatic rings. The average molecular weight is 419 g/mol. The van der Waals surface area contributed by atoms with Gasteiger partial charge in [0.05, 0.1) is 20.6 Å². The van der Waals surface area contributed by atoms with Crippen LogP contribution in [0.4, 0.5) is 0 Å². The molecule has 0 aliphatic carbocycles. The van der Waals surface area contributed by atoms with E-state index in [9.17, 15) is 12.6 Å². The van der Waals surface area contributed by atoms with Crippen LogP contribution in [0.3, 0.4) is 0 Å². The molecule has 4 aromatic rings. The third kappa shape index (κ3) is 4.06. The van der Waals surface area contributed by atoms with Gasteiger partial charge in [0.25, 0.3) is 0 Å². The zero-order valence-corrected chi connectivity index (χ0v) is 17.1. The molecular weight excluding hydrogens is 400 g/mol. The minimum atomic E-state index is -3.53. The Hall–Kier alpha value is -3.02. The summed E-state index contributed by atoms with van der Waals surface area (Å²) in [5.41, 5.74) is 1.83. The molecule has 0 amide bonds. The molecule has 4 aromatic carbocycles. The fourth-order valence-electron chi connectivity index (χ4n) is 3.01. The minimum Gasteiger partial charge on any atom is -0.249 e. The minimum absolute atomic E-state index is 0.259. The smallest absolute Gasteiger partial charge is 0.206 e. The Morgan fingerprint density at radius 1 is 0.483 bits per heavy atom. The van der Waals surface area contributed by atoms with Crippen molar-refractivity contribution in [3.63, 3.8) is 0 Å². The predicted octanol–water partition coefficient (Wildman–Crippen LogP) is 5.35. The van der Waals surface area contributed by atoms with Crippen LogP contribution in [0.1, 0.15) is 0 Å². The van der Waals surface area contributed by atoms with E-state index in [0.29, 0.717) is 0 Å². The highest BCUT2D eigenvalue weighted by molar-refractivity contribution is 7.91. The van der Waals surface area contributed by atoms with E-state index in [4.69, 9.17) is 0 Å². The first-order valence-corrected chi connectivity index (χ1v) is 11.7. The van der Waals surface area contributed by atoms with Crippen LogP contribution in [0.25, 0.3) is 11.1 Å². The van der Waals surface area contributed by atoms with Crippen LogP contribution in [0.15, 0.2) is 129 Å². The highest BCUT2D eigenvalue weighted by atomic mass is 32.2. The quantitative estimate of drug-likeness (QED) is 0.439. The van der Waals surface area contributed by atoms with E-state index in [1.165, 1.54) is 0 Å². The fraction of sp³-hybridized carbons (Fsp3) is 0. The number of rotatable bonds is 5. The highest BCUT2D eigenvalue weighted by Crippen LogP contribution is 2.26. The van der Waals surface area contributed by atoms with Crippen molar-refractivity contribution in [3.8, 4) is 11.1 Å². The molecule has 0 saturated heterocycles. The van der Waals surface area contributed by atoms with Crippen LogP contribution in [-0.2, 0) is 20.6 Å². The standard InChI is InChI=1S/C24H18O3S2/c25-28(21-7-3-1-4-8-21)22-15-11-19(12-16-22)20-13-17-24(18-14-20)29(26,27)23-9-5-2-6-10-23/h1-18H. The number of benzene rings is 4. The van der Waals surface area contributed by atoms with E-state index in [-0.39, 0.29) is 9.79 Å². The van der Waals surface area contributed by atoms with Crippen molar-refractivity contribution in [2.75, 3.05) is 0 Å². The predicted molar refractivity (Wildman–Crippen MR) is 115 cm³/mol. The van der Waals surface area contributed by atoms with Gasteiger partial charge in [0, 0.05) is 9.79 Å². The second-order valence-corrected chi connectivity index (χ2v) is 9.88. The second kappa shape index (κ2) is 8.15. The van der Waals surface area contributed by atoms with Crippen molar-refractivity contribution >= 4 is 20.6 Å². The van der Waals surface area contributed by atoms with Crippen LogP contribution < -0.4 is 0 Å². The topological polar surface area (TPSA) is 51.2 Å². The van der Waals surface area contributed by atoms with Crippen molar-refractivity contribution in [3.05, 3.63) is 109 Å². The molecule has 0 fully saturated rings. The molecule has 3 nitrogen and oxygen atoms in total. The van der Waals surface area contributed by atoms with Gasteiger partial charge in [0.1, 0.15) is 0 Å². The van der Waals surface area contributed by atoms with Gasteiger partial charge in [-0.05, 0) is 59.7 Å². The maximum atomic E-state index is 12.7. The first kappa shape index (κ1) is 19.3. The van der Waals surface area contributed by atoms with Gasteiger partial charge in [-0.3, -0.25) is 0 Å². The van der Waals surface area contributed by atoms with Gasteiger partial charge < -0.3 is 0 Å². The summed E-state index contributed by atoms with van der Waals surface area (Å²) in [6.45, 7) is 0. The molecular formula is C24H18O3S2. The first-order chi connectivity index (χ1) is 14.1. The lowest BCUT2D eigenvalue weighted by atomic mass is 10.1. The van der Waals surface area contributed by atoms with Gasteiger partial charge >= 0.3 is 0 Å². The molecule has 0 bridgehead atoms. The molecule has 1 atom stereocenters. The molecule has 0 aliphatic heterocycles. The highest BCUT2D eigenvalue weighted by Gasteiger charge is 2.17. The Morgan fingerprint density at radius 3 is 1.45 bits per heavy atom. The summed E-state index contributed by atoms with van der Waals surface area (Å²) in [7, 11) is -4.75. The molecule has 0 saturated carbocycles. The summed E-state index contributed by atoms with van der Waals surface area (Å²) in [4.78, 5) is 2.02. The van der Waals surface area contributed by atoms with E-state index >= 15 is 0 Å². The van der Waals surface area contributed by atoms with Crippen LogP contribution in [0.5, 0.6) is 0 Å². The molecule has 29 heavy (non-hydrogen) atoms. The lowest BCUT2D eigenvalue weighted by Crippen LogP contribution is -2.01. The molecule has 0 heterocycles. The van der Waals surface area contributed by atoms with Crippen molar-refractivity contribution in [2.24, 2.45) is 0 Å². The molecule has 5 heteroatoms. The molecule has 0 spiro atoms. The van der Waals surface area contributed by atoms with E-state index in [1.54, 1.807) is 54.6 Å². The molecule has 0 N–H and O–H groups in total. The molecule has 144 valence electrons. The van der Waals surface area contributed by atoms with Crippen LogP contribution in [0, 0.1) is 0 Å². The van der Waals surface area contributed by atoms with Crippen molar-refractivity contribution < 1.29 is 12.6 Å². The summed E-state index contributed by atoms with van der Waals surface area (Å²) in [6, 6.07) is 32.0. The van der Waals surface area contributed by atoms with Gasteiger partial charge in [-0.25, -0.2) is 12.6 Å². The Bertz CT molecular complexity index is 1230.